The molecule has 0 aliphatic rings. The van der Waals surface area contributed by atoms with E-state index in [2.05, 4.69) is 46.4 Å². The molecule has 1 N–H and O–H groups in total. The highest BCUT2D eigenvalue weighted by atomic mass is 79.9. The summed E-state index contributed by atoms with van der Waals surface area (Å²) in [6, 6.07) is 4.22. The van der Waals surface area contributed by atoms with E-state index in [-0.39, 0.29) is 0 Å². The van der Waals surface area contributed by atoms with E-state index in [0.29, 0.717) is 0 Å². The number of methoxy groups -OCH3 is 1. The Morgan fingerprint density at radius 2 is 2.38 bits per heavy atom. The van der Waals surface area contributed by atoms with Crippen LogP contribution < -0.4 is 5.32 Å². The van der Waals surface area contributed by atoms with Crippen molar-refractivity contribution in [3.05, 3.63) is 26.4 Å². The molecular weight excluding hydrogens is 286 g/mol. The maximum absolute atomic E-state index is 4.99. The molecule has 0 unspecified atom stereocenters. The van der Waals surface area contributed by atoms with E-state index < -0.39 is 0 Å². The van der Waals surface area contributed by atoms with Crippen molar-refractivity contribution >= 4 is 33.3 Å². The summed E-state index contributed by atoms with van der Waals surface area (Å²) >= 11 is 5.24. The molecule has 0 aliphatic carbocycles. The molecule has 1 aromatic rings. The lowest BCUT2D eigenvalue weighted by molar-refractivity contribution is 0.200. The van der Waals surface area contributed by atoms with Gasteiger partial charge in [0, 0.05) is 25.1 Å². The lowest BCUT2D eigenvalue weighted by Gasteiger charge is -2.06. The molecule has 0 aliphatic heterocycles. The molecular formula is C12H18BrNOS. The average molecular weight is 304 g/mol. The normalized spacial score (nSPS) is 12.1. The molecule has 1 aromatic heterocycles. The van der Waals surface area contributed by atoms with Crippen LogP contribution in [0, 0.1) is 0 Å². The van der Waals surface area contributed by atoms with Crippen molar-refractivity contribution in [3.8, 4) is 0 Å². The number of rotatable bonds is 7. The van der Waals surface area contributed by atoms with Crippen LogP contribution in [0.5, 0.6) is 0 Å². The summed E-state index contributed by atoms with van der Waals surface area (Å²) in [6.45, 7) is 4.80. The Hall–Kier alpha value is -0.160. The first-order valence-electron chi connectivity index (χ1n) is 5.40. The smallest absolute Gasteiger partial charge is 0.0704 e. The molecule has 16 heavy (non-hydrogen) atoms. The second-order valence-electron chi connectivity index (χ2n) is 3.47. The minimum atomic E-state index is 0.765. The van der Waals surface area contributed by atoms with Gasteiger partial charge >= 0.3 is 0 Å². The zero-order chi connectivity index (χ0) is 11.8. The van der Waals surface area contributed by atoms with Gasteiger partial charge < -0.3 is 10.1 Å². The van der Waals surface area contributed by atoms with Crippen LogP contribution in [0.25, 0.3) is 6.08 Å². The quantitative estimate of drug-likeness (QED) is 0.778. The van der Waals surface area contributed by atoms with Crippen molar-refractivity contribution in [1.29, 1.82) is 0 Å². The van der Waals surface area contributed by atoms with Crippen molar-refractivity contribution < 1.29 is 4.74 Å². The van der Waals surface area contributed by atoms with E-state index in [4.69, 9.17) is 4.74 Å². The zero-order valence-corrected chi connectivity index (χ0v) is 12.2. The molecule has 0 bridgehead atoms. The molecule has 0 saturated heterocycles. The lowest BCUT2D eigenvalue weighted by atomic mass is 10.2. The van der Waals surface area contributed by atoms with E-state index in [1.807, 2.05) is 0 Å². The summed E-state index contributed by atoms with van der Waals surface area (Å²) in [4.78, 5) is 1.30. The first-order valence-corrected chi connectivity index (χ1v) is 7.01. The minimum absolute atomic E-state index is 0.765. The van der Waals surface area contributed by atoms with Crippen LogP contribution in [0.1, 0.15) is 18.2 Å². The first kappa shape index (κ1) is 13.9. The Morgan fingerprint density at radius 3 is 2.94 bits per heavy atom. The number of halogens is 1. The fourth-order valence-corrected chi connectivity index (χ4v) is 2.72. The van der Waals surface area contributed by atoms with Crippen molar-refractivity contribution in [3.63, 3.8) is 0 Å². The summed E-state index contributed by atoms with van der Waals surface area (Å²) in [5, 5.41) is 3.36. The van der Waals surface area contributed by atoms with E-state index in [0.717, 1.165) is 26.1 Å². The number of ether oxygens (including phenoxy) is 1. The lowest BCUT2D eigenvalue weighted by Crippen LogP contribution is -2.21. The van der Waals surface area contributed by atoms with Crippen molar-refractivity contribution in [2.45, 2.75) is 13.3 Å². The fourth-order valence-electron chi connectivity index (χ4n) is 1.31. The number of hydrogen-bond acceptors (Lipinski definition) is 3. The third kappa shape index (κ3) is 5.25. The van der Waals surface area contributed by atoms with Crippen molar-refractivity contribution in [2.75, 3.05) is 26.8 Å². The van der Waals surface area contributed by atoms with Crippen molar-refractivity contribution in [1.82, 2.24) is 5.32 Å². The molecule has 0 amide bonds. The van der Waals surface area contributed by atoms with Crippen LogP contribution in [-0.4, -0.2) is 26.8 Å². The van der Waals surface area contributed by atoms with Gasteiger partial charge in [0.2, 0.25) is 0 Å². The van der Waals surface area contributed by atoms with Gasteiger partial charge in [-0.05, 0) is 40.6 Å². The van der Waals surface area contributed by atoms with Gasteiger partial charge in [-0.2, -0.15) is 0 Å². The van der Waals surface area contributed by atoms with E-state index in [9.17, 15) is 0 Å². The molecule has 0 fully saturated rings. The minimum Gasteiger partial charge on any atom is -0.383 e. The zero-order valence-electron chi connectivity index (χ0n) is 9.75. The first-order chi connectivity index (χ1) is 7.76. The van der Waals surface area contributed by atoms with Crippen LogP contribution in [-0.2, 0) is 4.74 Å². The van der Waals surface area contributed by atoms with Crippen LogP contribution in [0.4, 0.5) is 0 Å². The average Bonchev–Trinajstić information content (AvgIpc) is 2.68. The van der Waals surface area contributed by atoms with Gasteiger partial charge in [-0.15, -0.1) is 11.3 Å². The monoisotopic (exact) mass is 303 g/mol. The van der Waals surface area contributed by atoms with Gasteiger partial charge in [0.05, 0.1) is 10.4 Å². The molecule has 90 valence electrons. The Kier molecular flexibility index (Phi) is 6.96. The third-order valence-electron chi connectivity index (χ3n) is 2.23. The molecule has 0 saturated carbocycles. The number of nitrogens with one attached hydrogen (secondary N) is 1. The van der Waals surface area contributed by atoms with Gasteiger partial charge in [0.15, 0.2) is 0 Å². The molecule has 0 atom stereocenters. The third-order valence-corrected chi connectivity index (χ3v) is 3.80. The van der Waals surface area contributed by atoms with Gasteiger partial charge in [0.25, 0.3) is 0 Å². The van der Waals surface area contributed by atoms with Crippen LogP contribution in [0.2, 0.25) is 0 Å². The van der Waals surface area contributed by atoms with Gasteiger partial charge in [0.1, 0.15) is 0 Å². The Morgan fingerprint density at radius 1 is 1.56 bits per heavy atom. The van der Waals surface area contributed by atoms with E-state index in [1.54, 1.807) is 18.4 Å². The second-order valence-corrected chi connectivity index (χ2v) is 5.96. The molecule has 2 nitrogen and oxygen atoms in total. The standard InChI is InChI=1S/C12H18BrNOS/c1-3-10(9-14-6-7-15-2)8-11-4-5-12(13)16-11/h4-5,8,14H,3,6-7,9H2,1-2H3. The van der Waals surface area contributed by atoms with E-state index in [1.165, 1.54) is 14.2 Å². The molecule has 4 heteroatoms. The Balaban J connectivity index is 2.43. The predicted octanol–water partition coefficient (Wildman–Crippen LogP) is 3.54. The van der Waals surface area contributed by atoms with Crippen molar-refractivity contribution in [2.24, 2.45) is 0 Å². The van der Waals surface area contributed by atoms with Crippen LogP contribution in [0.3, 0.4) is 0 Å². The summed E-state index contributed by atoms with van der Waals surface area (Å²) in [5.41, 5.74) is 1.42. The highest BCUT2D eigenvalue weighted by Gasteiger charge is 1.98. The molecule has 1 heterocycles. The summed E-state index contributed by atoms with van der Waals surface area (Å²) in [6.07, 6.45) is 3.34. The molecule has 1 rings (SSSR count). The van der Waals surface area contributed by atoms with Gasteiger partial charge in [-0.1, -0.05) is 12.5 Å². The number of hydrogen-bond donors (Lipinski definition) is 1. The fraction of sp³-hybridized carbons (Fsp3) is 0.500. The molecule has 0 aromatic carbocycles. The Bertz CT molecular complexity index is 336. The Labute approximate surface area is 110 Å². The molecule has 0 radical (unpaired) electrons. The summed E-state index contributed by atoms with van der Waals surface area (Å²) in [7, 11) is 1.72. The highest BCUT2D eigenvalue weighted by molar-refractivity contribution is 9.11. The second kappa shape index (κ2) is 8.01. The highest BCUT2D eigenvalue weighted by Crippen LogP contribution is 2.24. The van der Waals surface area contributed by atoms with Crippen LogP contribution in [0.15, 0.2) is 21.5 Å². The number of thiophene rings is 1. The van der Waals surface area contributed by atoms with Gasteiger partial charge in [-0.25, -0.2) is 0 Å². The predicted molar refractivity (Wildman–Crippen MR) is 75.0 cm³/mol. The summed E-state index contributed by atoms with van der Waals surface area (Å²) < 4.78 is 6.17. The summed E-state index contributed by atoms with van der Waals surface area (Å²) in [5.74, 6) is 0. The largest absolute Gasteiger partial charge is 0.383 e. The maximum Gasteiger partial charge on any atom is 0.0704 e. The SMILES string of the molecule is CCC(=Cc1ccc(Br)s1)CNCCOC. The molecule has 0 spiro atoms. The van der Waals surface area contributed by atoms with Crippen LogP contribution >= 0.6 is 27.3 Å². The van der Waals surface area contributed by atoms with E-state index >= 15 is 0 Å². The van der Waals surface area contributed by atoms with Gasteiger partial charge in [-0.3, -0.25) is 0 Å². The topological polar surface area (TPSA) is 21.3 Å². The maximum atomic E-state index is 4.99.